The fraction of sp³-hybridized carbons (Fsp3) is 0.373. The summed E-state index contributed by atoms with van der Waals surface area (Å²) in [6.45, 7) is 24.7. The van der Waals surface area contributed by atoms with E-state index in [1.54, 1.807) is 0 Å². The largest absolute Gasteiger partial charge is 2.00 e. The van der Waals surface area contributed by atoms with Gasteiger partial charge in [-0.05, 0) is 94.8 Å². The molecular weight excluding hydrogens is 880 g/mol. The summed E-state index contributed by atoms with van der Waals surface area (Å²) in [5.41, 5.74) is 11.4. The van der Waals surface area contributed by atoms with Gasteiger partial charge in [0.2, 0.25) is 0 Å². The molecule has 0 saturated carbocycles. The quantitative estimate of drug-likeness (QED) is 0.101. The van der Waals surface area contributed by atoms with Crippen LogP contribution in [0.25, 0.3) is 44.4 Å². The van der Waals surface area contributed by atoms with Crippen molar-refractivity contribution in [3.05, 3.63) is 131 Å². The fourth-order valence-electron chi connectivity index (χ4n) is 7.75. The fourth-order valence-corrected chi connectivity index (χ4v) is 7.75. The summed E-state index contributed by atoms with van der Waals surface area (Å²) in [6.07, 6.45) is 7.45. The Morgan fingerprint density at radius 3 is 2.14 bits per heavy atom. The van der Waals surface area contributed by atoms with E-state index in [2.05, 4.69) is 176 Å². The summed E-state index contributed by atoms with van der Waals surface area (Å²) < 4.78 is 11.1. The van der Waals surface area contributed by atoms with Crippen LogP contribution < -0.4 is 4.74 Å². The summed E-state index contributed by atoms with van der Waals surface area (Å²) in [5.74, 6) is 2.14. The summed E-state index contributed by atoms with van der Waals surface area (Å²) >= 11 is 0. The van der Waals surface area contributed by atoms with E-state index in [0.29, 0.717) is 16.9 Å². The van der Waals surface area contributed by atoms with E-state index in [-0.39, 0.29) is 31.9 Å². The maximum absolute atomic E-state index is 6.78. The number of hydrogen-bond acceptors (Lipinski definition) is 3. The zero-order chi connectivity index (χ0) is 40.0. The Hall–Kier alpha value is -4.47. The SMILES string of the molecule is CCc1c(-c2ccccc2)c(C)nn1-c1[c-]c(Oc2[c-]c3c(cc2)c2cc(CCCCC(C)(C)C)ccc2n3-c2cc(C(C)(C)C)ccn2)cc(C(C)(C)C)c1.[Pt+2]. The van der Waals surface area contributed by atoms with Gasteiger partial charge in [0.05, 0.1) is 5.69 Å². The van der Waals surface area contributed by atoms with Crippen molar-refractivity contribution in [2.45, 2.75) is 119 Å². The number of rotatable bonds is 10. The Morgan fingerprint density at radius 1 is 0.719 bits per heavy atom. The van der Waals surface area contributed by atoms with Gasteiger partial charge in [0.15, 0.2) is 0 Å². The molecular formula is C51H58N4OPt. The minimum atomic E-state index is -0.132. The minimum absolute atomic E-state index is 0. The van der Waals surface area contributed by atoms with Gasteiger partial charge in [-0.15, -0.1) is 41.3 Å². The molecule has 0 spiro atoms. The third-order valence-corrected chi connectivity index (χ3v) is 10.9. The number of fused-ring (bicyclic) bond motifs is 3. The molecule has 0 atom stereocenters. The van der Waals surface area contributed by atoms with Gasteiger partial charge >= 0.3 is 21.1 Å². The average Bonchev–Trinajstić information content (AvgIpc) is 3.66. The average molecular weight is 938 g/mol. The summed E-state index contributed by atoms with van der Waals surface area (Å²) in [7, 11) is 0. The second-order valence-corrected chi connectivity index (χ2v) is 18.7. The first-order valence-corrected chi connectivity index (χ1v) is 20.4. The van der Waals surface area contributed by atoms with E-state index in [9.17, 15) is 0 Å². The standard InChI is InChI=1S/C51H58N4O.Pt/c1-12-44-48(36-19-14-13-15-20-36)34(2)53-55(44)39-29-38(51(9,10)11)30-41(32-39)56-40-22-23-42-43-28-35(18-16-17-26-49(3,4)5)21-24-45(43)54(46(42)33-40)47-31-37(25-27-52-47)50(6,7)8;/h13-15,19-25,27-31H,12,16-18,26H2,1-11H3;/q-2;+2. The van der Waals surface area contributed by atoms with Gasteiger partial charge < -0.3 is 9.30 Å². The van der Waals surface area contributed by atoms with Gasteiger partial charge in [0.1, 0.15) is 5.82 Å². The Bertz CT molecular complexity index is 2500. The molecule has 6 heteroatoms. The zero-order valence-corrected chi connectivity index (χ0v) is 38.0. The Balaban J connectivity index is 0.00000549. The van der Waals surface area contributed by atoms with Crippen molar-refractivity contribution in [3.63, 3.8) is 0 Å². The van der Waals surface area contributed by atoms with Crippen LogP contribution in [0.15, 0.2) is 91.1 Å². The molecule has 0 saturated heterocycles. The number of aromatic nitrogens is 4. The number of pyridine rings is 1. The van der Waals surface area contributed by atoms with Gasteiger partial charge in [-0.1, -0.05) is 124 Å². The number of benzene rings is 4. The first kappa shape index (κ1) is 42.1. The van der Waals surface area contributed by atoms with Crippen molar-refractivity contribution >= 4 is 21.8 Å². The van der Waals surface area contributed by atoms with Crippen LogP contribution in [0.4, 0.5) is 0 Å². The molecule has 57 heavy (non-hydrogen) atoms. The van der Waals surface area contributed by atoms with E-state index in [1.807, 2.05) is 12.3 Å². The summed E-state index contributed by atoms with van der Waals surface area (Å²) in [5, 5.41) is 7.43. The van der Waals surface area contributed by atoms with Crippen molar-refractivity contribution in [1.82, 2.24) is 19.3 Å². The third-order valence-electron chi connectivity index (χ3n) is 10.9. The van der Waals surface area contributed by atoms with Crippen molar-refractivity contribution in [2.24, 2.45) is 5.41 Å². The maximum atomic E-state index is 6.78. The zero-order valence-electron chi connectivity index (χ0n) is 35.7. The van der Waals surface area contributed by atoms with Crippen molar-refractivity contribution in [3.8, 4) is 34.1 Å². The number of hydrogen-bond donors (Lipinski definition) is 0. The molecule has 0 radical (unpaired) electrons. The van der Waals surface area contributed by atoms with Crippen molar-refractivity contribution in [1.29, 1.82) is 0 Å². The number of ether oxygens (including phenoxy) is 1. The van der Waals surface area contributed by atoms with Gasteiger partial charge in [0, 0.05) is 34.5 Å². The van der Waals surface area contributed by atoms with Crippen LogP contribution in [0.1, 0.15) is 117 Å². The molecule has 3 heterocycles. The molecule has 3 aromatic heterocycles. The van der Waals surface area contributed by atoms with Crippen LogP contribution in [-0.4, -0.2) is 19.3 Å². The predicted octanol–water partition coefficient (Wildman–Crippen LogP) is 13.6. The van der Waals surface area contributed by atoms with E-state index >= 15 is 0 Å². The van der Waals surface area contributed by atoms with Crippen molar-refractivity contribution in [2.75, 3.05) is 0 Å². The Morgan fingerprint density at radius 2 is 1.46 bits per heavy atom. The first-order valence-electron chi connectivity index (χ1n) is 20.4. The van der Waals surface area contributed by atoms with Crippen LogP contribution in [0.3, 0.4) is 0 Å². The first-order chi connectivity index (χ1) is 26.5. The van der Waals surface area contributed by atoms with Crippen LogP contribution in [0.2, 0.25) is 0 Å². The van der Waals surface area contributed by atoms with E-state index < -0.39 is 0 Å². The molecule has 0 aliphatic rings. The molecule has 298 valence electrons. The van der Waals surface area contributed by atoms with Gasteiger partial charge in [-0.25, -0.2) is 4.98 Å². The molecule has 0 unspecified atom stereocenters. The predicted molar refractivity (Wildman–Crippen MR) is 234 cm³/mol. The van der Waals surface area contributed by atoms with Crippen LogP contribution >= 0.6 is 0 Å². The van der Waals surface area contributed by atoms with Gasteiger partial charge in [-0.2, -0.15) is 11.2 Å². The van der Waals surface area contributed by atoms with Crippen LogP contribution in [0.5, 0.6) is 11.5 Å². The maximum Gasteiger partial charge on any atom is 2.00 e. The molecule has 0 bridgehead atoms. The smallest absolute Gasteiger partial charge is 0.509 e. The van der Waals surface area contributed by atoms with E-state index in [1.165, 1.54) is 46.9 Å². The van der Waals surface area contributed by atoms with E-state index in [0.717, 1.165) is 57.7 Å². The van der Waals surface area contributed by atoms with Gasteiger partial charge in [0.25, 0.3) is 0 Å². The molecule has 0 amide bonds. The normalized spacial score (nSPS) is 12.3. The topological polar surface area (TPSA) is 44.9 Å². The number of nitrogens with zero attached hydrogens (tertiary/aromatic N) is 4. The number of aryl methyl sites for hydroxylation is 2. The second-order valence-electron chi connectivity index (χ2n) is 18.7. The molecule has 0 aliphatic carbocycles. The Kier molecular flexibility index (Phi) is 12.1. The third kappa shape index (κ3) is 9.15. The van der Waals surface area contributed by atoms with E-state index in [4.69, 9.17) is 14.8 Å². The summed E-state index contributed by atoms with van der Waals surface area (Å²) in [6, 6.07) is 37.7. The van der Waals surface area contributed by atoms with Crippen LogP contribution in [-0.2, 0) is 44.7 Å². The minimum Gasteiger partial charge on any atom is -0.509 e. The van der Waals surface area contributed by atoms with Gasteiger partial charge in [-0.3, -0.25) is 4.68 Å². The van der Waals surface area contributed by atoms with Crippen LogP contribution in [0, 0.1) is 24.5 Å². The number of unbranched alkanes of at least 4 members (excludes halogenated alkanes) is 1. The second kappa shape index (κ2) is 16.4. The monoisotopic (exact) mass is 937 g/mol. The van der Waals surface area contributed by atoms with Crippen molar-refractivity contribution < 1.29 is 25.8 Å². The molecule has 4 aromatic carbocycles. The molecule has 0 N–H and O–H groups in total. The molecule has 0 fully saturated rings. The molecule has 5 nitrogen and oxygen atoms in total. The molecule has 7 rings (SSSR count). The molecule has 0 aliphatic heterocycles. The summed E-state index contributed by atoms with van der Waals surface area (Å²) in [4.78, 5) is 4.93. The Labute approximate surface area is 355 Å². The molecule has 7 aromatic rings.